The molecule has 2 saturated heterocycles. The lowest BCUT2D eigenvalue weighted by atomic mass is 10.0. The lowest BCUT2D eigenvalue weighted by Gasteiger charge is -2.26. The number of nitrogens with two attached hydrogens (primary N) is 1. The van der Waals surface area contributed by atoms with Crippen LogP contribution in [0, 0.1) is 23.4 Å². The summed E-state index contributed by atoms with van der Waals surface area (Å²) in [5.74, 6) is -6.46. The van der Waals surface area contributed by atoms with Gasteiger partial charge in [0.2, 0.25) is 5.91 Å². The molecule has 9 nitrogen and oxygen atoms in total. The molecule has 1 aromatic rings. The maximum atomic E-state index is 14.1. The van der Waals surface area contributed by atoms with Crippen LogP contribution in [0.15, 0.2) is 24.3 Å². The number of carbonyl (C=O) groups is 4. The largest absolute Gasteiger partial charge is 0.478 e. The van der Waals surface area contributed by atoms with Gasteiger partial charge in [0.15, 0.2) is 17.3 Å². The fraction of sp³-hybridized carbons (Fsp3) is 0.500. The molecule has 2 heterocycles. The molecule has 13 heteroatoms. The minimum atomic E-state index is -1.72. The van der Waals surface area contributed by atoms with Gasteiger partial charge < -0.3 is 25.7 Å². The molecule has 0 aromatic heterocycles. The number of aliphatic carboxylic acids is 2. The monoisotopic (exact) mass is 529 g/mol. The number of benzene rings is 1. The molecule has 4 N–H and O–H groups in total. The van der Waals surface area contributed by atoms with Gasteiger partial charge in [0.25, 0.3) is 5.91 Å². The van der Waals surface area contributed by atoms with Crippen LogP contribution in [-0.4, -0.2) is 81.2 Å². The molecule has 1 aromatic carbocycles. The Morgan fingerprint density at radius 2 is 1.62 bits per heavy atom. The summed E-state index contributed by atoms with van der Waals surface area (Å²) in [5.41, 5.74) is 4.16. The first-order valence-corrected chi connectivity index (χ1v) is 11.6. The van der Waals surface area contributed by atoms with Crippen LogP contribution in [0.1, 0.15) is 31.2 Å². The summed E-state index contributed by atoms with van der Waals surface area (Å²) in [6, 6.07) is 0.291. The predicted octanol–water partition coefficient (Wildman–Crippen LogP) is 1.64. The lowest BCUT2D eigenvalue weighted by Crippen LogP contribution is -2.44. The molecule has 0 spiro atoms. The standard InChI is InChI=1S/C20H23F4N3O2.C4H4O4/c21-14-8-16(23)15(22)6-12(14)5-13(25)7-18(28)27-4-1-11-9-26(10-17(11)27)19(29)20(24)2-3-20;5-3(6)1-2-4(7)8/h6,8,11,13,17H,1-5,7,9-10,25H2;1-2H,(H,5,6)(H,7,8)/b;2-1+/t11-,13+,17+;/m0./s1. The van der Waals surface area contributed by atoms with Crippen molar-refractivity contribution in [2.45, 2.75) is 49.9 Å². The number of alkyl halides is 1. The highest BCUT2D eigenvalue weighted by atomic mass is 19.2. The number of hydrogen-bond donors (Lipinski definition) is 3. The van der Waals surface area contributed by atoms with Crippen LogP contribution >= 0.6 is 0 Å². The fourth-order valence-corrected chi connectivity index (χ4v) is 4.60. The third-order valence-electron chi connectivity index (χ3n) is 6.60. The van der Waals surface area contributed by atoms with Gasteiger partial charge in [-0.05, 0) is 37.3 Å². The first-order valence-electron chi connectivity index (χ1n) is 11.6. The first-order chi connectivity index (χ1) is 17.3. The Bertz CT molecular complexity index is 1090. The van der Waals surface area contributed by atoms with Gasteiger partial charge in [0.1, 0.15) is 5.82 Å². The molecule has 37 heavy (non-hydrogen) atoms. The summed E-state index contributed by atoms with van der Waals surface area (Å²) < 4.78 is 54.3. The van der Waals surface area contributed by atoms with E-state index in [0.717, 1.165) is 12.5 Å². The van der Waals surface area contributed by atoms with Crippen LogP contribution in [0.5, 0.6) is 0 Å². The molecule has 3 fully saturated rings. The van der Waals surface area contributed by atoms with Crippen molar-refractivity contribution >= 4 is 23.8 Å². The summed E-state index contributed by atoms with van der Waals surface area (Å²) in [6.45, 7) is 1.29. The van der Waals surface area contributed by atoms with E-state index in [-0.39, 0.29) is 49.1 Å². The topological polar surface area (TPSA) is 141 Å². The third-order valence-corrected chi connectivity index (χ3v) is 6.60. The molecule has 0 unspecified atom stereocenters. The normalized spacial score (nSPS) is 22.3. The zero-order valence-electron chi connectivity index (χ0n) is 19.7. The van der Waals surface area contributed by atoms with Gasteiger partial charge in [-0.25, -0.2) is 27.2 Å². The van der Waals surface area contributed by atoms with Crippen LogP contribution in [0.4, 0.5) is 17.6 Å². The van der Waals surface area contributed by atoms with Gasteiger partial charge in [-0.2, -0.15) is 0 Å². The van der Waals surface area contributed by atoms with Crippen LogP contribution in [-0.2, 0) is 25.6 Å². The Labute approximate surface area is 209 Å². The number of fused-ring (bicyclic) bond motifs is 1. The van der Waals surface area contributed by atoms with E-state index in [0.29, 0.717) is 37.9 Å². The van der Waals surface area contributed by atoms with Crippen molar-refractivity contribution in [2.24, 2.45) is 11.7 Å². The average molecular weight is 529 g/mol. The van der Waals surface area contributed by atoms with Crippen LogP contribution in [0.25, 0.3) is 0 Å². The molecule has 2 amide bonds. The summed E-state index contributed by atoms with van der Waals surface area (Å²) in [6.07, 6.45) is 2.18. The minimum absolute atomic E-state index is 0.0807. The molecule has 0 bridgehead atoms. The van der Waals surface area contributed by atoms with E-state index in [2.05, 4.69) is 0 Å². The summed E-state index contributed by atoms with van der Waals surface area (Å²) in [5, 5.41) is 15.6. The second-order valence-electron chi connectivity index (χ2n) is 9.41. The van der Waals surface area contributed by atoms with Gasteiger partial charge in [0.05, 0.1) is 6.04 Å². The molecule has 202 valence electrons. The molecule has 3 aliphatic rings. The lowest BCUT2D eigenvalue weighted by molar-refractivity contribution is -0.138. The Morgan fingerprint density at radius 1 is 1.03 bits per heavy atom. The second-order valence-corrected chi connectivity index (χ2v) is 9.41. The SMILES string of the molecule is N[C@@H](CC(=O)N1CC[C@H]2CN(C(=O)C3(F)CC3)C[C@H]21)Cc1cc(F)c(F)cc1F.O=C(O)/C=C/C(=O)O. The van der Waals surface area contributed by atoms with Gasteiger partial charge in [-0.1, -0.05) is 0 Å². The second kappa shape index (κ2) is 11.3. The number of carbonyl (C=O) groups excluding carboxylic acids is 2. The zero-order chi connectivity index (χ0) is 27.5. The number of amides is 2. The summed E-state index contributed by atoms with van der Waals surface area (Å²) in [7, 11) is 0. The van der Waals surface area contributed by atoms with E-state index in [9.17, 15) is 36.7 Å². The number of carboxylic acid groups (broad SMARTS) is 2. The number of rotatable bonds is 7. The van der Waals surface area contributed by atoms with Crippen molar-refractivity contribution in [3.05, 3.63) is 47.3 Å². The smallest absolute Gasteiger partial charge is 0.328 e. The number of nitrogens with zero attached hydrogens (tertiary/aromatic N) is 2. The Kier molecular flexibility index (Phi) is 8.57. The number of carboxylic acids is 2. The van der Waals surface area contributed by atoms with Gasteiger partial charge in [-0.15, -0.1) is 0 Å². The minimum Gasteiger partial charge on any atom is -0.478 e. The van der Waals surface area contributed by atoms with Crippen molar-refractivity contribution in [1.82, 2.24) is 9.80 Å². The summed E-state index contributed by atoms with van der Waals surface area (Å²) in [4.78, 5) is 47.2. The Hall–Kier alpha value is -3.48. The highest BCUT2D eigenvalue weighted by Crippen LogP contribution is 2.43. The highest BCUT2D eigenvalue weighted by molar-refractivity contribution is 5.89. The van der Waals surface area contributed by atoms with E-state index in [1.54, 1.807) is 4.90 Å². The van der Waals surface area contributed by atoms with Crippen molar-refractivity contribution in [3.63, 3.8) is 0 Å². The van der Waals surface area contributed by atoms with E-state index < -0.39 is 47.0 Å². The molecular weight excluding hydrogens is 502 g/mol. The zero-order valence-corrected chi connectivity index (χ0v) is 19.7. The number of halogens is 4. The maximum absolute atomic E-state index is 14.1. The quantitative estimate of drug-likeness (QED) is 0.277. The molecule has 2 aliphatic heterocycles. The van der Waals surface area contributed by atoms with E-state index in [1.807, 2.05) is 0 Å². The third kappa shape index (κ3) is 7.06. The van der Waals surface area contributed by atoms with Crippen LogP contribution < -0.4 is 5.73 Å². The van der Waals surface area contributed by atoms with Gasteiger partial charge in [-0.3, -0.25) is 9.59 Å². The Balaban J connectivity index is 0.000000414. The maximum Gasteiger partial charge on any atom is 0.328 e. The van der Waals surface area contributed by atoms with Crippen molar-refractivity contribution in [1.29, 1.82) is 0 Å². The molecule has 4 rings (SSSR count). The van der Waals surface area contributed by atoms with Crippen molar-refractivity contribution in [2.75, 3.05) is 19.6 Å². The molecular formula is C24H27F4N3O6. The molecule has 1 saturated carbocycles. The molecule has 1 aliphatic carbocycles. The van der Waals surface area contributed by atoms with E-state index in [1.165, 1.54) is 4.90 Å². The number of likely N-dealkylation sites (tertiary alicyclic amines) is 2. The molecule has 3 atom stereocenters. The van der Waals surface area contributed by atoms with Crippen molar-refractivity contribution in [3.8, 4) is 0 Å². The molecule has 0 radical (unpaired) electrons. The average Bonchev–Trinajstić information content (AvgIpc) is 3.24. The predicted molar refractivity (Wildman–Crippen MR) is 120 cm³/mol. The number of hydrogen-bond acceptors (Lipinski definition) is 5. The van der Waals surface area contributed by atoms with Gasteiger partial charge >= 0.3 is 11.9 Å². The summed E-state index contributed by atoms with van der Waals surface area (Å²) >= 11 is 0. The first kappa shape index (κ1) is 28.1. The van der Waals surface area contributed by atoms with Crippen LogP contribution in [0.3, 0.4) is 0 Å². The Morgan fingerprint density at radius 3 is 2.19 bits per heavy atom. The fourth-order valence-electron chi connectivity index (χ4n) is 4.60. The van der Waals surface area contributed by atoms with Crippen LogP contribution in [0.2, 0.25) is 0 Å². The van der Waals surface area contributed by atoms with Gasteiger partial charge in [0, 0.05) is 56.2 Å². The van der Waals surface area contributed by atoms with E-state index in [4.69, 9.17) is 15.9 Å². The van der Waals surface area contributed by atoms with Crippen molar-refractivity contribution < 1.29 is 47.0 Å². The van der Waals surface area contributed by atoms with E-state index >= 15 is 0 Å². The highest BCUT2D eigenvalue weighted by Gasteiger charge is 2.55.